The second kappa shape index (κ2) is 9.03. The van der Waals surface area contributed by atoms with E-state index in [9.17, 15) is 9.18 Å². The van der Waals surface area contributed by atoms with Gasteiger partial charge in [-0.25, -0.2) is 4.39 Å². The molecule has 1 aliphatic rings. The van der Waals surface area contributed by atoms with Crippen molar-refractivity contribution in [2.75, 3.05) is 18.0 Å². The number of nitrogens with zero attached hydrogens (tertiary/aromatic N) is 1. The maximum atomic E-state index is 12.9. The molecule has 144 valence electrons. The molecular weight excluding hydrogens is 339 g/mol. The topological polar surface area (TPSA) is 32.3 Å². The maximum Gasteiger partial charge on any atom is 0.220 e. The van der Waals surface area contributed by atoms with Gasteiger partial charge in [0.25, 0.3) is 0 Å². The van der Waals surface area contributed by atoms with E-state index in [0.717, 1.165) is 30.1 Å². The van der Waals surface area contributed by atoms with Crippen LogP contribution in [0.3, 0.4) is 0 Å². The van der Waals surface area contributed by atoms with Crippen molar-refractivity contribution in [3.05, 3.63) is 65.5 Å². The minimum absolute atomic E-state index is 0.0147. The van der Waals surface area contributed by atoms with Crippen LogP contribution in [0.1, 0.15) is 50.3 Å². The molecular formula is C23H29FN2O. The third-order valence-electron chi connectivity index (χ3n) is 5.47. The van der Waals surface area contributed by atoms with E-state index in [-0.39, 0.29) is 17.8 Å². The molecule has 4 heteroatoms. The van der Waals surface area contributed by atoms with Crippen LogP contribution in [0.25, 0.3) is 0 Å². The second-order valence-electron chi connectivity index (χ2n) is 7.68. The predicted molar refractivity (Wildman–Crippen MR) is 108 cm³/mol. The molecule has 2 aromatic carbocycles. The number of carbonyl (C=O) groups excluding carboxylic acids is 1. The van der Waals surface area contributed by atoms with Crippen LogP contribution in [0.2, 0.25) is 0 Å². The van der Waals surface area contributed by atoms with E-state index in [1.807, 2.05) is 6.92 Å². The van der Waals surface area contributed by atoms with Crippen molar-refractivity contribution in [1.29, 1.82) is 0 Å². The van der Waals surface area contributed by atoms with Crippen LogP contribution < -0.4 is 10.2 Å². The van der Waals surface area contributed by atoms with Crippen LogP contribution >= 0.6 is 0 Å². The van der Waals surface area contributed by atoms with Gasteiger partial charge in [-0.3, -0.25) is 4.79 Å². The van der Waals surface area contributed by atoms with Gasteiger partial charge in [0.1, 0.15) is 5.82 Å². The lowest BCUT2D eigenvalue weighted by atomic mass is 9.98. The van der Waals surface area contributed by atoms with Gasteiger partial charge in [0.15, 0.2) is 0 Å². The number of carbonyl (C=O) groups is 1. The monoisotopic (exact) mass is 368 g/mol. The van der Waals surface area contributed by atoms with Gasteiger partial charge in [-0.2, -0.15) is 0 Å². The minimum atomic E-state index is -0.251. The quantitative estimate of drug-likeness (QED) is 0.789. The van der Waals surface area contributed by atoms with Crippen molar-refractivity contribution in [1.82, 2.24) is 5.32 Å². The van der Waals surface area contributed by atoms with Crippen molar-refractivity contribution in [2.45, 2.75) is 45.6 Å². The third-order valence-corrected chi connectivity index (χ3v) is 5.47. The molecule has 0 saturated carbocycles. The molecule has 1 amide bonds. The first-order valence-electron chi connectivity index (χ1n) is 9.90. The number of nitrogens with one attached hydrogen (secondary N) is 1. The van der Waals surface area contributed by atoms with Crippen LogP contribution in [-0.2, 0) is 11.2 Å². The number of hydrogen-bond donors (Lipinski definition) is 1. The zero-order chi connectivity index (χ0) is 19.2. The van der Waals surface area contributed by atoms with Crippen molar-refractivity contribution in [3.63, 3.8) is 0 Å². The lowest BCUT2D eigenvalue weighted by molar-refractivity contribution is -0.121. The molecule has 1 heterocycles. The zero-order valence-electron chi connectivity index (χ0n) is 16.2. The third kappa shape index (κ3) is 5.56. The summed E-state index contributed by atoms with van der Waals surface area (Å²) in [5.41, 5.74) is 3.35. The fraction of sp³-hybridized carbons (Fsp3) is 0.435. The molecule has 27 heavy (non-hydrogen) atoms. The Hall–Kier alpha value is -2.36. The van der Waals surface area contributed by atoms with Crippen molar-refractivity contribution < 1.29 is 9.18 Å². The van der Waals surface area contributed by atoms with E-state index < -0.39 is 0 Å². The van der Waals surface area contributed by atoms with Gasteiger partial charge in [0.05, 0.1) is 6.04 Å². The number of hydrogen-bond acceptors (Lipinski definition) is 2. The molecule has 1 N–H and O–H groups in total. The van der Waals surface area contributed by atoms with Crippen molar-refractivity contribution >= 4 is 11.6 Å². The number of aryl methyl sites for hydroxylation is 1. The molecule has 0 unspecified atom stereocenters. The molecule has 0 spiro atoms. The van der Waals surface area contributed by atoms with Crippen molar-refractivity contribution in [3.8, 4) is 0 Å². The Morgan fingerprint density at radius 1 is 1.11 bits per heavy atom. The average Bonchev–Trinajstić information content (AvgIpc) is 2.68. The zero-order valence-corrected chi connectivity index (χ0v) is 16.2. The van der Waals surface area contributed by atoms with E-state index in [1.54, 1.807) is 12.1 Å². The summed E-state index contributed by atoms with van der Waals surface area (Å²) in [6.07, 6.45) is 3.52. The average molecular weight is 368 g/mol. The smallest absolute Gasteiger partial charge is 0.220 e. The number of anilines is 1. The molecule has 0 bridgehead atoms. The van der Waals surface area contributed by atoms with Gasteiger partial charge in [-0.1, -0.05) is 31.2 Å². The highest BCUT2D eigenvalue weighted by atomic mass is 19.1. The van der Waals surface area contributed by atoms with E-state index >= 15 is 0 Å². The predicted octanol–water partition coefficient (Wildman–Crippen LogP) is 4.87. The molecule has 1 fully saturated rings. The largest absolute Gasteiger partial charge is 0.372 e. The van der Waals surface area contributed by atoms with E-state index in [2.05, 4.69) is 41.4 Å². The number of benzene rings is 2. The SMILES string of the molecule is CC1CCN(c2ccc([C@@H](C)NC(=O)CCc3ccc(F)cc3)cc2)CC1. The summed E-state index contributed by atoms with van der Waals surface area (Å²) in [7, 11) is 0. The standard InChI is InChI=1S/C23H29FN2O/c1-17-13-15-26(16-14-17)22-10-6-20(7-11-22)18(2)25-23(27)12-5-19-3-8-21(24)9-4-19/h3-4,6-11,17-18H,5,12-16H2,1-2H3,(H,25,27)/t18-/m1/s1. The lowest BCUT2D eigenvalue weighted by Gasteiger charge is -2.32. The molecule has 0 aromatic heterocycles. The molecule has 0 aliphatic carbocycles. The normalized spacial score (nSPS) is 16.2. The molecule has 3 nitrogen and oxygen atoms in total. The summed E-state index contributed by atoms with van der Waals surface area (Å²) < 4.78 is 12.9. The molecule has 1 aliphatic heterocycles. The van der Waals surface area contributed by atoms with Crippen LogP contribution in [0.15, 0.2) is 48.5 Å². The Kier molecular flexibility index (Phi) is 6.49. The highest BCUT2D eigenvalue weighted by molar-refractivity contribution is 5.76. The van der Waals surface area contributed by atoms with Crippen LogP contribution in [0, 0.1) is 11.7 Å². The van der Waals surface area contributed by atoms with E-state index in [4.69, 9.17) is 0 Å². The summed E-state index contributed by atoms with van der Waals surface area (Å²) in [5, 5.41) is 3.06. The van der Waals surface area contributed by atoms with Gasteiger partial charge in [0.2, 0.25) is 5.91 Å². The first-order chi connectivity index (χ1) is 13.0. The lowest BCUT2D eigenvalue weighted by Crippen LogP contribution is -2.32. The minimum Gasteiger partial charge on any atom is -0.372 e. The highest BCUT2D eigenvalue weighted by Gasteiger charge is 2.16. The number of halogens is 1. The van der Waals surface area contributed by atoms with Crippen LogP contribution in [0.5, 0.6) is 0 Å². The first kappa shape index (κ1) is 19.4. The van der Waals surface area contributed by atoms with Crippen LogP contribution in [0.4, 0.5) is 10.1 Å². The van der Waals surface area contributed by atoms with E-state index in [0.29, 0.717) is 12.8 Å². The van der Waals surface area contributed by atoms with Gasteiger partial charge in [0, 0.05) is 25.2 Å². The highest BCUT2D eigenvalue weighted by Crippen LogP contribution is 2.24. The van der Waals surface area contributed by atoms with Crippen molar-refractivity contribution in [2.24, 2.45) is 5.92 Å². The Labute approximate surface area is 161 Å². The summed E-state index contributed by atoms with van der Waals surface area (Å²) in [5.74, 6) is 0.589. The summed E-state index contributed by atoms with van der Waals surface area (Å²) in [6, 6.07) is 14.8. The molecule has 0 radical (unpaired) electrons. The maximum absolute atomic E-state index is 12.9. The Bertz CT molecular complexity index is 734. The van der Waals surface area contributed by atoms with E-state index in [1.165, 1.54) is 30.7 Å². The summed E-state index contributed by atoms with van der Waals surface area (Å²) >= 11 is 0. The van der Waals surface area contributed by atoms with Crippen LogP contribution in [-0.4, -0.2) is 19.0 Å². The Morgan fingerprint density at radius 2 is 1.74 bits per heavy atom. The summed E-state index contributed by atoms with van der Waals surface area (Å²) in [6.45, 7) is 6.57. The molecule has 1 atom stereocenters. The van der Waals surface area contributed by atoms with Gasteiger partial charge in [-0.05, 0) is 67.5 Å². The number of piperidine rings is 1. The van der Waals surface area contributed by atoms with Gasteiger partial charge >= 0.3 is 0 Å². The summed E-state index contributed by atoms with van der Waals surface area (Å²) in [4.78, 5) is 14.7. The fourth-order valence-corrected chi connectivity index (χ4v) is 3.55. The Morgan fingerprint density at radius 3 is 2.37 bits per heavy atom. The first-order valence-corrected chi connectivity index (χ1v) is 9.90. The molecule has 2 aromatic rings. The van der Waals surface area contributed by atoms with Gasteiger partial charge < -0.3 is 10.2 Å². The Balaban J connectivity index is 1.49. The second-order valence-corrected chi connectivity index (χ2v) is 7.68. The molecule has 1 saturated heterocycles. The van der Waals surface area contributed by atoms with Gasteiger partial charge in [-0.15, -0.1) is 0 Å². The molecule has 3 rings (SSSR count). The fourth-order valence-electron chi connectivity index (χ4n) is 3.55. The number of rotatable bonds is 6. The number of amides is 1.